The second-order valence-corrected chi connectivity index (χ2v) is 4.06. The molecule has 0 saturated carbocycles. The van der Waals surface area contributed by atoms with E-state index in [4.69, 9.17) is 14.6 Å². The van der Waals surface area contributed by atoms with Gasteiger partial charge in [-0.25, -0.2) is 14.8 Å². The van der Waals surface area contributed by atoms with Gasteiger partial charge in [-0.2, -0.15) is 0 Å². The maximum atomic E-state index is 11.1. The number of ether oxygens (including phenoxy) is 2. The lowest BCUT2D eigenvalue weighted by molar-refractivity contribution is 0.0690. The van der Waals surface area contributed by atoms with Crippen LogP contribution in [0.5, 0.6) is 11.5 Å². The Labute approximate surface area is 116 Å². The van der Waals surface area contributed by atoms with Gasteiger partial charge in [-0.3, -0.25) is 0 Å². The molecule has 0 bridgehead atoms. The van der Waals surface area contributed by atoms with Crippen LogP contribution in [0.2, 0.25) is 0 Å². The van der Waals surface area contributed by atoms with Crippen LogP contribution in [0.1, 0.15) is 16.3 Å². The number of hydrogen-bond acceptors (Lipinski definition) is 5. The number of methoxy groups -OCH3 is 2. The van der Waals surface area contributed by atoms with Gasteiger partial charge in [0, 0.05) is 5.56 Å². The lowest BCUT2D eigenvalue weighted by atomic mass is 10.1. The molecular formula is C14H14N2O4. The van der Waals surface area contributed by atoms with E-state index in [9.17, 15) is 4.79 Å². The van der Waals surface area contributed by atoms with E-state index in [0.717, 1.165) is 0 Å². The Hall–Kier alpha value is -2.63. The van der Waals surface area contributed by atoms with E-state index < -0.39 is 5.97 Å². The third-order valence-electron chi connectivity index (χ3n) is 2.74. The van der Waals surface area contributed by atoms with E-state index in [0.29, 0.717) is 28.6 Å². The number of aryl methyl sites for hydroxylation is 1. The minimum absolute atomic E-state index is 0.0580. The van der Waals surface area contributed by atoms with Crippen LogP contribution in [0.4, 0.5) is 0 Å². The molecule has 0 radical (unpaired) electrons. The Morgan fingerprint density at radius 2 is 1.90 bits per heavy atom. The summed E-state index contributed by atoms with van der Waals surface area (Å²) in [6.07, 6.45) is 0. The van der Waals surface area contributed by atoms with Gasteiger partial charge in [0.2, 0.25) is 0 Å². The van der Waals surface area contributed by atoms with Crippen LogP contribution >= 0.6 is 0 Å². The lowest BCUT2D eigenvalue weighted by Gasteiger charge is -2.10. The molecule has 1 aromatic heterocycles. The van der Waals surface area contributed by atoms with Gasteiger partial charge in [0.05, 0.1) is 19.9 Å². The molecule has 0 amide bonds. The molecule has 6 nitrogen and oxygen atoms in total. The molecule has 0 saturated heterocycles. The molecule has 0 aliphatic carbocycles. The van der Waals surface area contributed by atoms with Crippen molar-refractivity contribution < 1.29 is 19.4 Å². The highest BCUT2D eigenvalue weighted by Gasteiger charge is 2.14. The number of nitrogens with zero attached hydrogens (tertiary/aromatic N) is 2. The highest BCUT2D eigenvalue weighted by Crippen LogP contribution is 2.32. The topological polar surface area (TPSA) is 81.5 Å². The summed E-state index contributed by atoms with van der Waals surface area (Å²) in [6, 6.07) is 6.65. The van der Waals surface area contributed by atoms with Gasteiger partial charge in [0.25, 0.3) is 0 Å². The number of carboxylic acid groups (broad SMARTS) is 1. The summed E-state index contributed by atoms with van der Waals surface area (Å²) in [5, 5.41) is 9.06. The Balaban J connectivity index is 2.63. The third kappa shape index (κ3) is 2.69. The highest BCUT2D eigenvalue weighted by molar-refractivity contribution is 5.87. The molecular weight excluding hydrogens is 260 g/mol. The number of aromatic carboxylic acids is 1. The van der Waals surface area contributed by atoms with Crippen molar-refractivity contribution in [1.82, 2.24) is 9.97 Å². The number of rotatable bonds is 4. The molecule has 0 atom stereocenters. The summed E-state index contributed by atoms with van der Waals surface area (Å²) in [4.78, 5) is 19.2. The first kappa shape index (κ1) is 13.8. The molecule has 1 N–H and O–H groups in total. The highest BCUT2D eigenvalue weighted by atomic mass is 16.5. The van der Waals surface area contributed by atoms with E-state index in [1.165, 1.54) is 13.2 Å². The standard InChI is InChI=1S/C14H14N2O4/c1-8-15-11(7-12(16-8)14(17)18)10-6-9(19-2)4-5-13(10)20-3/h4-7H,1-3H3,(H,17,18). The SMILES string of the molecule is COc1ccc(OC)c(-c2cc(C(=O)O)nc(C)n2)c1. The van der Waals surface area contributed by atoms with E-state index >= 15 is 0 Å². The number of aromatic nitrogens is 2. The predicted molar refractivity (Wildman–Crippen MR) is 72.3 cm³/mol. The fourth-order valence-electron chi connectivity index (χ4n) is 1.83. The van der Waals surface area contributed by atoms with Crippen molar-refractivity contribution in [3.63, 3.8) is 0 Å². The van der Waals surface area contributed by atoms with E-state index in [1.807, 2.05) is 0 Å². The van der Waals surface area contributed by atoms with Gasteiger partial charge in [0.15, 0.2) is 5.69 Å². The van der Waals surface area contributed by atoms with Crippen molar-refractivity contribution in [2.45, 2.75) is 6.92 Å². The summed E-state index contributed by atoms with van der Waals surface area (Å²) in [6.45, 7) is 1.64. The van der Waals surface area contributed by atoms with Gasteiger partial charge < -0.3 is 14.6 Å². The molecule has 0 aliphatic heterocycles. The monoisotopic (exact) mass is 274 g/mol. The molecule has 104 valence electrons. The first-order chi connectivity index (χ1) is 9.55. The third-order valence-corrected chi connectivity index (χ3v) is 2.74. The molecule has 1 heterocycles. The van der Waals surface area contributed by atoms with Gasteiger partial charge in [-0.1, -0.05) is 0 Å². The normalized spacial score (nSPS) is 10.2. The van der Waals surface area contributed by atoms with E-state index in [1.54, 1.807) is 32.2 Å². The maximum Gasteiger partial charge on any atom is 0.354 e. The van der Waals surface area contributed by atoms with E-state index in [-0.39, 0.29) is 5.69 Å². The van der Waals surface area contributed by atoms with Crippen LogP contribution in [0.15, 0.2) is 24.3 Å². The molecule has 0 fully saturated rings. The molecule has 0 spiro atoms. The maximum absolute atomic E-state index is 11.1. The van der Waals surface area contributed by atoms with Gasteiger partial charge >= 0.3 is 5.97 Å². The Morgan fingerprint density at radius 3 is 2.50 bits per heavy atom. The second-order valence-electron chi connectivity index (χ2n) is 4.06. The predicted octanol–water partition coefficient (Wildman–Crippen LogP) is 2.17. The van der Waals surface area contributed by atoms with Crippen LogP contribution in [-0.2, 0) is 0 Å². The zero-order valence-electron chi connectivity index (χ0n) is 11.4. The zero-order valence-corrected chi connectivity index (χ0v) is 11.4. The zero-order chi connectivity index (χ0) is 14.7. The molecule has 20 heavy (non-hydrogen) atoms. The number of hydrogen-bond donors (Lipinski definition) is 1. The van der Waals surface area contributed by atoms with Crippen LogP contribution in [-0.4, -0.2) is 35.3 Å². The summed E-state index contributed by atoms with van der Waals surface area (Å²) in [5.74, 6) is 0.498. The van der Waals surface area contributed by atoms with Crippen molar-refractivity contribution >= 4 is 5.97 Å². The molecule has 2 rings (SSSR count). The number of carboxylic acids is 1. The number of carbonyl (C=O) groups is 1. The molecule has 0 aliphatic rings. The molecule has 6 heteroatoms. The second kappa shape index (κ2) is 5.56. The molecule has 1 aromatic carbocycles. The smallest absolute Gasteiger partial charge is 0.354 e. The van der Waals surface area contributed by atoms with Crippen molar-refractivity contribution in [2.75, 3.05) is 14.2 Å². The summed E-state index contributed by atoms with van der Waals surface area (Å²) >= 11 is 0. The Bertz CT molecular complexity index is 656. The Morgan fingerprint density at radius 1 is 1.15 bits per heavy atom. The van der Waals surface area contributed by atoms with Crippen LogP contribution in [0.25, 0.3) is 11.3 Å². The minimum Gasteiger partial charge on any atom is -0.497 e. The van der Waals surface area contributed by atoms with Crippen molar-refractivity contribution in [3.05, 3.63) is 35.8 Å². The first-order valence-electron chi connectivity index (χ1n) is 5.86. The van der Waals surface area contributed by atoms with Crippen molar-refractivity contribution in [2.24, 2.45) is 0 Å². The molecule has 0 unspecified atom stereocenters. The van der Waals surface area contributed by atoms with Crippen molar-refractivity contribution in [1.29, 1.82) is 0 Å². The van der Waals surface area contributed by atoms with Gasteiger partial charge in [-0.15, -0.1) is 0 Å². The largest absolute Gasteiger partial charge is 0.497 e. The Kier molecular flexibility index (Phi) is 3.84. The first-order valence-corrected chi connectivity index (χ1v) is 5.86. The summed E-state index contributed by atoms with van der Waals surface area (Å²) in [7, 11) is 3.09. The van der Waals surface area contributed by atoms with Gasteiger partial charge in [-0.05, 0) is 31.2 Å². The van der Waals surface area contributed by atoms with Crippen molar-refractivity contribution in [3.8, 4) is 22.8 Å². The van der Waals surface area contributed by atoms with Crippen LogP contribution < -0.4 is 9.47 Å². The molecule has 2 aromatic rings. The number of benzene rings is 1. The lowest BCUT2D eigenvalue weighted by Crippen LogP contribution is -2.04. The van der Waals surface area contributed by atoms with Gasteiger partial charge in [0.1, 0.15) is 17.3 Å². The summed E-state index contributed by atoms with van der Waals surface area (Å²) < 4.78 is 10.4. The quantitative estimate of drug-likeness (QED) is 0.920. The average molecular weight is 274 g/mol. The van der Waals surface area contributed by atoms with E-state index in [2.05, 4.69) is 9.97 Å². The van der Waals surface area contributed by atoms with Crippen LogP contribution in [0.3, 0.4) is 0 Å². The minimum atomic E-state index is -1.10. The fourth-order valence-corrected chi connectivity index (χ4v) is 1.83. The average Bonchev–Trinajstić information content (AvgIpc) is 2.45. The van der Waals surface area contributed by atoms with Crippen LogP contribution in [0, 0.1) is 6.92 Å². The summed E-state index contributed by atoms with van der Waals surface area (Å²) in [5.41, 5.74) is 1.07. The fraction of sp³-hybridized carbons (Fsp3) is 0.214.